The largest absolute Gasteiger partial charge is 0.370 e. The van der Waals surface area contributed by atoms with E-state index < -0.39 is 0 Å². The summed E-state index contributed by atoms with van der Waals surface area (Å²) in [7, 11) is 0. The van der Waals surface area contributed by atoms with Gasteiger partial charge in [0.1, 0.15) is 17.5 Å². The summed E-state index contributed by atoms with van der Waals surface area (Å²) in [6, 6.07) is 6.57. The fraction of sp³-hybridized carbons (Fsp3) is 0.286. The van der Waals surface area contributed by atoms with Gasteiger partial charge in [-0.25, -0.2) is 14.4 Å². The molecule has 0 saturated heterocycles. The molecule has 1 aromatic carbocycles. The van der Waals surface area contributed by atoms with E-state index in [1.165, 1.54) is 12.1 Å². The Morgan fingerprint density at radius 3 is 2.67 bits per heavy atom. The van der Waals surface area contributed by atoms with Crippen molar-refractivity contribution < 1.29 is 4.39 Å². The molecular formula is C14H16FN3. The second-order valence-corrected chi connectivity index (χ2v) is 4.18. The highest BCUT2D eigenvalue weighted by atomic mass is 19.1. The fourth-order valence-corrected chi connectivity index (χ4v) is 1.85. The summed E-state index contributed by atoms with van der Waals surface area (Å²) in [6.07, 6.45) is 0. The average Bonchev–Trinajstić information content (AvgIpc) is 2.32. The van der Waals surface area contributed by atoms with Crippen molar-refractivity contribution in [3.8, 4) is 11.3 Å². The second kappa shape index (κ2) is 5.12. The molecule has 0 aliphatic heterocycles. The van der Waals surface area contributed by atoms with Crippen molar-refractivity contribution in [2.45, 2.75) is 20.8 Å². The molecule has 1 heterocycles. The molecule has 2 aromatic rings. The Bertz CT molecular complexity index is 567. The lowest BCUT2D eigenvalue weighted by Crippen LogP contribution is -2.03. The van der Waals surface area contributed by atoms with Crippen LogP contribution >= 0.6 is 0 Å². The van der Waals surface area contributed by atoms with Crippen LogP contribution in [0.15, 0.2) is 24.3 Å². The van der Waals surface area contributed by atoms with Crippen LogP contribution in [-0.2, 0) is 0 Å². The molecule has 0 saturated carbocycles. The van der Waals surface area contributed by atoms with Gasteiger partial charge in [0, 0.05) is 18.2 Å². The maximum Gasteiger partial charge on any atom is 0.130 e. The van der Waals surface area contributed by atoms with Crippen LogP contribution < -0.4 is 5.32 Å². The highest BCUT2D eigenvalue weighted by Gasteiger charge is 2.08. The van der Waals surface area contributed by atoms with Crippen molar-refractivity contribution in [2.24, 2.45) is 0 Å². The number of benzene rings is 1. The van der Waals surface area contributed by atoms with Gasteiger partial charge >= 0.3 is 0 Å². The molecule has 1 N–H and O–H groups in total. The molecule has 0 aliphatic carbocycles. The van der Waals surface area contributed by atoms with Gasteiger partial charge in [0.25, 0.3) is 0 Å². The first-order chi connectivity index (χ1) is 8.60. The van der Waals surface area contributed by atoms with Gasteiger partial charge in [-0.1, -0.05) is 6.07 Å². The average molecular weight is 245 g/mol. The molecule has 0 spiro atoms. The number of hydrogen-bond donors (Lipinski definition) is 1. The van der Waals surface area contributed by atoms with Crippen molar-refractivity contribution >= 4 is 5.82 Å². The van der Waals surface area contributed by atoms with Crippen molar-refractivity contribution in [1.29, 1.82) is 0 Å². The predicted molar refractivity (Wildman–Crippen MR) is 71.1 cm³/mol. The number of halogens is 1. The topological polar surface area (TPSA) is 37.8 Å². The Kier molecular flexibility index (Phi) is 3.55. The van der Waals surface area contributed by atoms with Crippen molar-refractivity contribution in [3.63, 3.8) is 0 Å². The molecule has 0 radical (unpaired) electrons. The van der Waals surface area contributed by atoms with E-state index in [0.29, 0.717) is 5.82 Å². The minimum atomic E-state index is -0.253. The van der Waals surface area contributed by atoms with Gasteiger partial charge in [-0.3, -0.25) is 0 Å². The van der Waals surface area contributed by atoms with E-state index in [0.717, 1.165) is 29.2 Å². The van der Waals surface area contributed by atoms with Crippen LogP contribution in [-0.4, -0.2) is 16.5 Å². The number of aromatic nitrogens is 2. The van der Waals surface area contributed by atoms with E-state index >= 15 is 0 Å². The Hall–Kier alpha value is -1.97. The highest BCUT2D eigenvalue weighted by molar-refractivity contribution is 5.66. The Morgan fingerprint density at radius 2 is 1.94 bits per heavy atom. The lowest BCUT2D eigenvalue weighted by molar-refractivity contribution is 0.628. The summed E-state index contributed by atoms with van der Waals surface area (Å²) in [4.78, 5) is 8.66. The van der Waals surface area contributed by atoms with Crippen molar-refractivity contribution in [3.05, 3.63) is 41.5 Å². The molecule has 0 bridgehead atoms. The summed E-state index contributed by atoms with van der Waals surface area (Å²) in [5, 5.41) is 3.15. The third-order valence-corrected chi connectivity index (χ3v) is 2.67. The smallest absolute Gasteiger partial charge is 0.130 e. The Labute approximate surface area is 106 Å². The van der Waals surface area contributed by atoms with Gasteiger partial charge in [0.2, 0.25) is 0 Å². The number of rotatable bonds is 3. The number of nitrogens with one attached hydrogen (secondary N) is 1. The Morgan fingerprint density at radius 1 is 1.17 bits per heavy atom. The zero-order chi connectivity index (χ0) is 13.1. The molecule has 0 fully saturated rings. The molecule has 4 heteroatoms. The van der Waals surface area contributed by atoms with E-state index in [4.69, 9.17) is 0 Å². The highest BCUT2D eigenvalue weighted by Crippen LogP contribution is 2.24. The maximum atomic E-state index is 13.3. The second-order valence-electron chi connectivity index (χ2n) is 4.18. The standard InChI is InChI=1S/C14H16FN3/c1-4-16-14-8-13(17-10(3)18-14)12-7-11(15)6-5-9(12)2/h5-8H,4H2,1-3H3,(H,16,17,18). The van der Waals surface area contributed by atoms with E-state index in [1.807, 2.05) is 26.8 Å². The van der Waals surface area contributed by atoms with E-state index in [-0.39, 0.29) is 5.82 Å². The maximum absolute atomic E-state index is 13.3. The number of anilines is 1. The van der Waals surface area contributed by atoms with Crippen LogP contribution in [0.25, 0.3) is 11.3 Å². The summed E-state index contributed by atoms with van der Waals surface area (Å²) in [5.41, 5.74) is 2.55. The van der Waals surface area contributed by atoms with Gasteiger partial charge in [0.15, 0.2) is 0 Å². The first-order valence-electron chi connectivity index (χ1n) is 5.96. The van der Waals surface area contributed by atoms with E-state index in [2.05, 4.69) is 15.3 Å². The lowest BCUT2D eigenvalue weighted by atomic mass is 10.1. The Balaban J connectivity index is 2.52. The van der Waals surface area contributed by atoms with Crippen LogP contribution in [0, 0.1) is 19.7 Å². The minimum absolute atomic E-state index is 0.253. The molecule has 94 valence electrons. The third kappa shape index (κ3) is 2.64. The molecule has 0 unspecified atom stereocenters. The summed E-state index contributed by atoms with van der Waals surface area (Å²) >= 11 is 0. The van der Waals surface area contributed by atoms with Crippen LogP contribution in [0.3, 0.4) is 0 Å². The van der Waals surface area contributed by atoms with Crippen molar-refractivity contribution in [2.75, 3.05) is 11.9 Å². The number of aryl methyl sites for hydroxylation is 2. The molecule has 0 aliphatic rings. The van der Waals surface area contributed by atoms with Crippen LogP contribution in [0.1, 0.15) is 18.3 Å². The van der Waals surface area contributed by atoms with Gasteiger partial charge in [0.05, 0.1) is 5.69 Å². The molecule has 18 heavy (non-hydrogen) atoms. The zero-order valence-electron chi connectivity index (χ0n) is 10.8. The zero-order valence-corrected chi connectivity index (χ0v) is 10.8. The first-order valence-corrected chi connectivity index (χ1v) is 5.96. The SMILES string of the molecule is CCNc1cc(-c2cc(F)ccc2C)nc(C)n1. The monoisotopic (exact) mass is 245 g/mol. The quantitative estimate of drug-likeness (QED) is 0.901. The summed E-state index contributed by atoms with van der Waals surface area (Å²) in [6.45, 7) is 6.57. The molecule has 3 nitrogen and oxygen atoms in total. The van der Waals surface area contributed by atoms with Gasteiger partial charge in [-0.15, -0.1) is 0 Å². The summed E-state index contributed by atoms with van der Waals surface area (Å²) < 4.78 is 13.3. The van der Waals surface area contributed by atoms with Crippen molar-refractivity contribution in [1.82, 2.24) is 9.97 Å². The van der Waals surface area contributed by atoms with Gasteiger partial charge in [-0.05, 0) is 38.5 Å². The van der Waals surface area contributed by atoms with Gasteiger partial charge < -0.3 is 5.32 Å². The van der Waals surface area contributed by atoms with Crippen LogP contribution in [0.4, 0.5) is 10.2 Å². The molecule has 0 atom stereocenters. The molecule has 0 amide bonds. The molecule has 1 aromatic heterocycles. The van der Waals surface area contributed by atoms with Gasteiger partial charge in [-0.2, -0.15) is 0 Å². The molecular weight excluding hydrogens is 229 g/mol. The normalized spacial score (nSPS) is 10.4. The fourth-order valence-electron chi connectivity index (χ4n) is 1.85. The first kappa shape index (κ1) is 12.5. The number of nitrogens with zero attached hydrogens (tertiary/aromatic N) is 2. The third-order valence-electron chi connectivity index (χ3n) is 2.67. The van der Waals surface area contributed by atoms with E-state index in [9.17, 15) is 4.39 Å². The summed E-state index contributed by atoms with van der Waals surface area (Å²) in [5.74, 6) is 1.19. The van der Waals surface area contributed by atoms with E-state index in [1.54, 1.807) is 6.07 Å². The van der Waals surface area contributed by atoms with Crippen LogP contribution in [0.2, 0.25) is 0 Å². The minimum Gasteiger partial charge on any atom is -0.370 e. The lowest BCUT2D eigenvalue weighted by Gasteiger charge is -2.09. The molecule has 2 rings (SSSR count). The van der Waals surface area contributed by atoms with Crippen LogP contribution in [0.5, 0.6) is 0 Å². The predicted octanol–water partition coefficient (Wildman–Crippen LogP) is 3.33. The number of hydrogen-bond acceptors (Lipinski definition) is 3.